The average Bonchev–Trinajstić information content (AvgIpc) is 2.89. The first-order valence-corrected chi connectivity index (χ1v) is 7.29. The molecule has 1 aliphatic heterocycles. The molecule has 4 heteroatoms. The van der Waals surface area contributed by atoms with E-state index in [1.165, 1.54) is 11.1 Å². The van der Waals surface area contributed by atoms with Gasteiger partial charge in [-0.05, 0) is 38.4 Å². The number of nitrogens with zero attached hydrogens (tertiary/aromatic N) is 3. The second-order valence-corrected chi connectivity index (χ2v) is 5.71. The van der Waals surface area contributed by atoms with Gasteiger partial charge < -0.3 is 4.52 Å². The summed E-state index contributed by atoms with van der Waals surface area (Å²) in [5.41, 5.74) is 2.71. The smallest absolute Gasteiger partial charge is 0.223 e. The molecule has 3 rings (SSSR count). The summed E-state index contributed by atoms with van der Waals surface area (Å²) >= 11 is 0. The fourth-order valence-corrected chi connectivity index (χ4v) is 2.78. The van der Waals surface area contributed by atoms with Crippen molar-refractivity contribution in [2.24, 2.45) is 0 Å². The molecule has 1 saturated heterocycles. The molecule has 0 amide bonds. The minimum absolute atomic E-state index is 0.460. The van der Waals surface area contributed by atoms with Gasteiger partial charge in [-0.2, -0.15) is 4.98 Å². The molecule has 0 saturated carbocycles. The van der Waals surface area contributed by atoms with Crippen LogP contribution in [0.4, 0.5) is 0 Å². The summed E-state index contributed by atoms with van der Waals surface area (Å²) in [6, 6.07) is 8.82. The Labute approximate surface area is 119 Å². The van der Waals surface area contributed by atoms with Gasteiger partial charge in [0.25, 0.3) is 0 Å². The molecular formula is C16H21N3O. The Morgan fingerprint density at radius 1 is 1.15 bits per heavy atom. The van der Waals surface area contributed by atoms with E-state index >= 15 is 0 Å². The summed E-state index contributed by atoms with van der Waals surface area (Å²) in [4.78, 5) is 6.86. The first kappa shape index (κ1) is 13.3. The lowest BCUT2D eigenvalue weighted by molar-refractivity contribution is 0.200. The van der Waals surface area contributed by atoms with Crippen LogP contribution in [-0.4, -0.2) is 28.1 Å². The van der Waals surface area contributed by atoms with E-state index in [1.807, 2.05) is 6.92 Å². The molecule has 0 atom stereocenters. The Hall–Kier alpha value is -1.68. The van der Waals surface area contributed by atoms with Gasteiger partial charge in [-0.15, -0.1) is 0 Å². The summed E-state index contributed by atoms with van der Waals surface area (Å²) in [6.07, 6.45) is 2.23. The van der Waals surface area contributed by atoms with E-state index in [9.17, 15) is 0 Å². The fraction of sp³-hybridized carbons (Fsp3) is 0.500. The van der Waals surface area contributed by atoms with Crippen LogP contribution in [0.25, 0.3) is 0 Å². The number of rotatable bonds is 3. The lowest BCUT2D eigenvalue weighted by Crippen LogP contribution is -2.32. The highest BCUT2D eigenvalue weighted by atomic mass is 16.5. The number of aryl methyl sites for hydroxylation is 2. The Morgan fingerprint density at radius 2 is 1.85 bits per heavy atom. The summed E-state index contributed by atoms with van der Waals surface area (Å²) < 4.78 is 5.08. The highest BCUT2D eigenvalue weighted by Crippen LogP contribution is 2.26. The fourth-order valence-electron chi connectivity index (χ4n) is 2.78. The Morgan fingerprint density at radius 3 is 2.45 bits per heavy atom. The molecule has 4 nitrogen and oxygen atoms in total. The van der Waals surface area contributed by atoms with Crippen molar-refractivity contribution in [2.45, 2.75) is 39.2 Å². The van der Waals surface area contributed by atoms with E-state index in [0.717, 1.165) is 38.3 Å². The summed E-state index contributed by atoms with van der Waals surface area (Å²) in [5.74, 6) is 2.02. The van der Waals surface area contributed by atoms with Crippen LogP contribution in [0.5, 0.6) is 0 Å². The number of hydrogen-bond donors (Lipinski definition) is 0. The minimum Gasteiger partial charge on any atom is -0.340 e. The van der Waals surface area contributed by atoms with Gasteiger partial charge in [-0.3, -0.25) is 4.90 Å². The van der Waals surface area contributed by atoms with Crippen LogP contribution >= 0.6 is 0 Å². The quantitative estimate of drug-likeness (QED) is 0.860. The molecule has 2 heterocycles. The maximum atomic E-state index is 5.08. The summed E-state index contributed by atoms with van der Waals surface area (Å²) in [5, 5.41) is 4.05. The zero-order valence-electron chi connectivity index (χ0n) is 12.2. The first-order valence-electron chi connectivity index (χ1n) is 7.29. The highest BCUT2D eigenvalue weighted by molar-refractivity contribution is 5.21. The van der Waals surface area contributed by atoms with Crippen LogP contribution < -0.4 is 0 Å². The van der Waals surface area contributed by atoms with Crippen molar-refractivity contribution < 1.29 is 4.52 Å². The number of hydrogen-bond acceptors (Lipinski definition) is 4. The molecule has 1 aromatic carbocycles. The molecule has 1 aromatic heterocycles. The number of likely N-dealkylation sites (tertiary alicyclic amines) is 1. The molecule has 0 aliphatic carbocycles. The Kier molecular flexibility index (Phi) is 3.83. The average molecular weight is 271 g/mol. The third-order valence-electron chi connectivity index (χ3n) is 4.02. The van der Waals surface area contributed by atoms with Gasteiger partial charge in [0, 0.05) is 19.4 Å². The van der Waals surface area contributed by atoms with Crippen molar-refractivity contribution in [1.29, 1.82) is 0 Å². The van der Waals surface area contributed by atoms with Gasteiger partial charge >= 0.3 is 0 Å². The van der Waals surface area contributed by atoms with Crippen molar-refractivity contribution >= 4 is 0 Å². The predicted molar refractivity (Wildman–Crippen MR) is 77.5 cm³/mol. The van der Waals surface area contributed by atoms with Crippen molar-refractivity contribution in [1.82, 2.24) is 15.0 Å². The van der Waals surface area contributed by atoms with Crippen molar-refractivity contribution in [3.63, 3.8) is 0 Å². The summed E-state index contributed by atoms with van der Waals surface area (Å²) in [6.45, 7) is 7.22. The van der Waals surface area contributed by atoms with Crippen LogP contribution in [-0.2, 0) is 6.54 Å². The van der Waals surface area contributed by atoms with Crippen LogP contribution in [0.1, 0.15) is 41.6 Å². The monoisotopic (exact) mass is 271 g/mol. The Balaban J connectivity index is 1.54. The molecule has 1 aliphatic rings. The number of piperidine rings is 1. The second-order valence-electron chi connectivity index (χ2n) is 5.71. The van der Waals surface area contributed by atoms with Gasteiger partial charge in [0.2, 0.25) is 5.89 Å². The molecular weight excluding hydrogens is 250 g/mol. The van der Waals surface area contributed by atoms with Crippen LogP contribution in [0.3, 0.4) is 0 Å². The maximum absolute atomic E-state index is 5.08. The topological polar surface area (TPSA) is 42.2 Å². The maximum Gasteiger partial charge on any atom is 0.223 e. The standard InChI is InChI=1S/C16H21N3O/c1-12-3-5-14(6-4-12)11-19-9-7-15(8-10-19)16-17-13(2)20-18-16/h3-6,15H,7-11H2,1-2H3. The largest absolute Gasteiger partial charge is 0.340 e. The van der Waals surface area contributed by atoms with Crippen molar-refractivity contribution in [3.05, 3.63) is 47.1 Å². The molecule has 0 unspecified atom stereocenters. The van der Waals surface area contributed by atoms with Gasteiger partial charge in [-0.1, -0.05) is 35.0 Å². The third kappa shape index (κ3) is 3.07. The summed E-state index contributed by atoms with van der Waals surface area (Å²) in [7, 11) is 0. The number of benzene rings is 1. The molecule has 1 fully saturated rings. The molecule has 0 N–H and O–H groups in total. The normalized spacial score (nSPS) is 17.5. The van der Waals surface area contributed by atoms with Crippen molar-refractivity contribution in [3.8, 4) is 0 Å². The van der Waals surface area contributed by atoms with E-state index in [0.29, 0.717) is 11.8 Å². The second kappa shape index (κ2) is 5.75. The SMILES string of the molecule is Cc1ccc(CN2CCC(c3noc(C)n3)CC2)cc1. The molecule has 106 valence electrons. The van der Waals surface area contributed by atoms with E-state index in [1.54, 1.807) is 0 Å². The lowest BCUT2D eigenvalue weighted by atomic mass is 9.96. The van der Waals surface area contributed by atoms with Crippen LogP contribution in [0.15, 0.2) is 28.8 Å². The van der Waals surface area contributed by atoms with E-state index in [4.69, 9.17) is 4.52 Å². The van der Waals surface area contributed by atoms with E-state index in [-0.39, 0.29) is 0 Å². The highest BCUT2D eigenvalue weighted by Gasteiger charge is 2.24. The van der Waals surface area contributed by atoms with Crippen molar-refractivity contribution in [2.75, 3.05) is 13.1 Å². The molecule has 2 aromatic rings. The van der Waals surface area contributed by atoms with E-state index < -0.39 is 0 Å². The number of aromatic nitrogens is 2. The molecule has 0 bridgehead atoms. The van der Waals surface area contributed by atoms with E-state index in [2.05, 4.69) is 46.2 Å². The predicted octanol–water partition coefficient (Wildman–Crippen LogP) is 3.07. The third-order valence-corrected chi connectivity index (χ3v) is 4.02. The van der Waals surface area contributed by atoms with Gasteiger partial charge in [-0.25, -0.2) is 0 Å². The zero-order chi connectivity index (χ0) is 13.9. The minimum atomic E-state index is 0.460. The molecule has 20 heavy (non-hydrogen) atoms. The molecule has 0 spiro atoms. The van der Waals surface area contributed by atoms with Gasteiger partial charge in [0.15, 0.2) is 5.82 Å². The van der Waals surface area contributed by atoms with Gasteiger partial charge in [0.05, 0.1) is 0 Å². The van der Waals surface area contributed by atoms with Crippen LogP contribution in [0, 0.1) is 13.8 Å². The van der Waals surface area contributed by atoms with Gasteiger partial charge in [0.1, 0.15) is 0 Å². The Bertz CT molecular complexity index is 553. The lowest BCUT2D eigenvalue weighted by Gasteiger charge is -2.30. The van der Waals surface area contributed by atoms with Crippen LogP contribution in [0.2, 0.25) is 0 Å². The molecule has 0 radical (unpaired) electrons. The first-order chi connectivity index (χ1) is 9.70. The zero-order valence-corrected chi connectivity index (χ0v) is 12.2.